The molecule has 3 rings (SSSR count). The summed E-state index contributed by atoms with van der Waals surface area (Å²) < 4.78 is 15.2. The Kier molecular flexibility index (Phi) is 4.41. The van der Waals surface area contributed by atoms with Gasteiger partial charge in [-0.2, -0.15) is 5.10 Å². The van der Waals surface area contributed by atoms with Gasteiger partial charge in [0.2, 0.25) is 0 Å². The van der Waals surface area contributed by atoms with Crippen molar-refractivity contribution in [3.8, 4) is 5.69 Å². The van der Waals surface area contributed by atoms with Crippen molar-refractivity contribution in [2.75, 3.05) is 11.1 Å². The quantitative estimate of drug-likeness (QED) is 0.749. The molecule has 25 heavy (non-hydrogen) atoms. The Hall–Kier alpha value is -2.93. The van der Waals surface area contributed by atoms with E-state index in [1.807, 2.05) is 0 Å². The van der Waals surface area contributed by atoms with Gasteiger partial charge in [-0.25, -0.2) is 14.1 Å². The van der Waals surface area contributed by atoms with Crippen LogP contribution < -0.4 is 11.1 Å². The lowest BCUT2D eigenvalue weighted by atomic mass is 10.2. The van der Waals surface area contributed by atoms with Crippen LogP contribution in [0.1, 0.15) is 21.6 Å². The van der Waals surface area contributed by atoms with Gasteiger partial charge in [-0.3, -0.25) is 4.79 Å². The molecule has 0 fully saturated rings. The molecule has 0 spiro atoms. The number of nitrogens with one attached hydrogen (secondary N) is 1. The van der Waals surface area contributed by atoms with Gasteiger partial charge in [-0.1, -0.05) is 17.7 Å². The highest BCUT2D eigenvalue weighted by molar-refractivity contribution is 6.30. The summed E-state index contributed by atoms with van der Waals surface area (Å²) in [5, 5.41) is 7.38. The molecular formula is C17H15ClFN5O. The topological polar surface area (TPSA) is 85.8 Å². The van der Waals surface area contributed by atoms with Crippen LogP contribution in [0.2, 0.25) is 5.02 Å². The summed E-state index contributed by atoms with van der Waals surface area (Å²) in [6.07, 6.45) is 1.42. The number of nitrogens with zero attached hydrogens (tertiary/aromatic N) is 3. The zero-order valence-electron chi connectivity index (χ0n) is 13.5. The van der Waals surface area contributed by atoms with Crippen molar-refractivity contribution < 1.29 is 9.18 Å². The molecule has 3 aromatic rings. The predicted octanol–water partition coefficient (Wildman–Crippen LogP) is 3.51. The van der Waals surface area contributed by atoms with E-state index in [4.69, 9.17) is 17.3 Å². The largest absolute Gasteiger partial charge is 0.383 e. The molecule has 0 aliphatic carbocycles. The number of hydrogen-bond donors (Lipinski definition) is 2. The SMILES string of the molecule is Cc1nn(-c2cccc(F)c2C)c(N)c1C(=O)Nc1ccc(Cl)cn1. The van der Waals surface area contributed by atoms with E-state index >= 15 is 0 Å². The number of carbonyl (C=O) groups excluding carboxylic acids is 1. The number of rotatable bonds is 3. The smallest absolute Gasteiger partial charge is 0.262 e. The molecule has 0 unspecified atom stereocenters. The van der Waals surface area contributed by atoms with Gasteiger partial charge in [-0.15, -0.1) is 0 Å². The second kappa shape index (κ2) is 6.52. The van der Waals surface area contributed by atoms with Crippen LogP contribution in [0.4, 0.5) is 16.0 Å². The molecule has 1 amide bonds. The number of benzene rings is 1. The van der Waals surface area contributed by atoms with E-state index in [2.05, 4.69) is 15.4 Å². The average molecular weight is 360 g/mol. The zero-order chi connectivity index (χ0) is 18.1. The molecule has 8 heteroatoms. The fourth-order valence-corrected chi connectivity index (χ4v) is 2.58. The van der Waals surface area contributed by atoms with Gasteiger partial charge in [0.25, 0.3) is 5.91 Å². The normalized spacial score (nSPS) is 10.7. The minimum Gasteiger partial charge on any atom is -0.383 e. The molecule has 0 atom stereocenters. The molecule has 0 radical (unpaired) electrons. The van der Waals surface area contributed by atoms with Gasteiger partial charge in [0, 0.05) is 11.8 Å². The molecule has 0 saturated carbocycles. The van der Waals surface area contributed by atoms with Gasteiger partial charge in [0.1, 0.15) is 23.0 Å². The van der Waals surface area contributed by atoms with Crippen LogP contribution in [0.25, 0.3) is 5.69 Å². The number of amides is 1. The van der Waals surface area contributed by atoms with E-state index in [0.717, 1.165) is 0 Å². The Labute approximate surface area is 148 Å². The maximum Gasteiger partial charge on any atom is 0.262 e. The van der Waals surface area contributed by atoms with Crippen LogP contribution in [0.15, 0.2) is 36.5 Å². The molecule has 2 heterocycles. The lowest BCUT2D eigenvalue weighted by Crippen LogP contribution is -2.15. The van der Waals surface area contributed by atoms with Crippen molar-refractivity contribution in [3.63, 3.8) is 0 Å². The Morgan fingerprint density at radius 3 is 2.72 bits per heavy atom. The highest BCUT2D eigenvalue weighted by Crippen LogP contribution is 2.25. The van der Waals surface area contributed by atoms with Gasteiger partial charge in [-0.05, 0) is 38.1 Å². The van der Waals surface area contributed by atoms with Crippen LogP contribution >= 0.6 is 11.6 Å². The summed E-state index contributed by atoms with van der Waals surface area (Å²) in [5.74, 6) is -0.368. The monoisotopic (exact) mass is 359 g/mol. The first-order valence-corrected chi connectivity index (χ1v) is 7.79. The predicted molar refractivity (Wildman–Crippen MR) is 94.6 cm³/mol. The molecule has 0 saturated heterocycles. The molecular weight excluding hydrogens is 345 g/mol. The van der Waals surface area contributed by atoms with Gasteiger partial charge in [0.15, 0.2) is 0 Å². The molecule has 0 aliphatic heterocycles. The number of aryl methyl sites for hydroxylation is 1. The highest BCUT2D eigenvalue weighted by Gasteiger charge is 2.22. The van der Waals surface area contributed by atoms with E-state index in [0.29, 0.717) is 27.8 Å². The Morgan fingerprint density at radius 2 is 2.04 bits per heavy atom. The van der Waals surface area contributed by atoms with Crippen LogP contribution in [0, 0.1) is 19.7 Å². The number of pyridine rings is 1. The van der Waals surface area contributed by atoms with E-state index in [1.54, 1.807) is 38.1 Å². The van der Waals surface area contributed by atoms with Crippen molar-refractivity contribution >= 4 is 29.1 Å². The highest BCUT2D eigenvalue weighted by atomic mass is 35.5. The fourth-order valence-electron chi connectivity index (χ4n) is 2.46. The summed E-state index contributed by atoms with van der Waals surface area (Å²) >= 11 is 5.78. The van der Waals surface area contributed by atoms with Gasteiger partial charge in [0.05, 0.1) is 16.4 Å². The molecule has 0 bridgehead atoms. The van der Waals surface area contributed by atoms with Crippen molar-refractivity contribution in [2.45, 2.75) is 13.8 Å². The van der Waals surface area contributed by atoms with Crippen LogP contribution in [-0.4, -0.2) is 20.7 Å². The zero-order valence-corrected chi connectivity index (χ0v) is 14.3. The first kappa shape index (κ1) is 16.9. The Bertz CT molecular complexity index is 952. The van der Waals surface area contributed by atoms with Crippen molar-refractivity contribution in [1.82, 2.24) is 14.8 Å². The van der Waals surface area contributed by atoms with Gasteiger partial charge >= 0.3 is 0 Å². The molecule has 6 nitrogen and oxygen atoms in total. The third kappa shape index (κ3) is 3.18. The van der Waals surface area contributed by atoms with Gasteiger partial charge < -0.3 is 11.1 Å². The van der Waals surface area contributed by atoms with Crippen molar-refractivity contribution in [2.24, 2.45) is 0 Å². The lowest BCUT2D eigenvalue weighted by molar-refractivity contribution is 0.102. The van der Waals surface area contributed by atoms with Crippen LogP contribution in [0.3, 0.4) is 0 Å². The Balaban J connectivity index is 1.98. The summed E-state index contributed by atoms with van der Waals surface area (Å²) in [7, 11) is 0. The summed E-state index contributed by atoms with van der Waals surface area (Å²) in [6.45, 7) is 3.28. The molecule has 1 aromatic carbocycles. The maximum absolute atomic E-state index is 13.8. The van der Waals surface area contributed by atoms with Crippen molar-refractivity contribution in [1.29, 1.82) is 0 Å². The molecule has 128 valence electrons. The fraction of sp³-hybridized carbons (Fsp3) is 0.118. The number of hydrogen-bond acceptors (Lipinski definition) is 4. The van der Waals surface area contributed by atoms with Crippen molar-refractivity contribution in [3.05, 3.63) is 64.2 Å². The van der Waals surface area contributed by atoms with Crippen LogP contribution in [-0.2, 0) is 0 Å². The number of aromatic nitrogens is 3. The van der Waals surface area contributed by atoms with E-state index in [9.17, 15) is 9.18 Å². The minimum atomic E-state index is -0.454. The van der Waals surface area contributed by atoms with E-state index < -0.39 is 5.91 Å². The Morgan fingerprint density at radius 1 is 1.28 bits per heavy atom. The second-order valence-corrected chi connectivity index (χ2v) is 5.89. The third-order valence-corrected chi connectivity index (χ3v) is 3.98. The number of anilines is 2. The second-order valence-electron chi connectivity index (χ2n) is 5.46. The number of carbonyl (C=O) groups is 1. The summed E-state index contributed by atoms with van der Waals surface area (Å²) in [5.41, 5.74) is 7.61. The maximum atomic E-state index is 13.8. The number of nitrogens with two attached hydrogens (primary N) is 1. The van der Waals surface area contributed by atoms with E-state index in [1.165, 1.54) is 16.9 Å². The number of nitrogen functional groups attached to an aromatic ring is 1. The summed E-state index contributed by atoms with van der Waals surface area (Å²) in [4.78, 5) is 16.6. The molecule has 3 N–H and O–H groups in total. The van der Waals surface area contributed by atoms with Crippen LogP contribution in [0.5, 0.6) is 0 Å². The standard InChI is InChI=1S/C17H15ClFN5O/c1-9-12(19)4-3-5-13(9)24-16(20)15(10(2)23-24)17(25)22-14-7-6-11(18)8-21-14/h3-8H,20H2,1-2H3,(H,21,22,25). The first-order chi connectivity index (χ1) is 11.9. The van der Waals surface area contributed by atoms with E-state index in [-0.39, 0.29) is 17.2 Å². The average Bonchev–Trinajstić information content (AvgIpc) is 2.87. The lowest BCUT2D eigenvalue weighted by Gasteiger charge is -2.09. The molecule has 2 aromatic heterocycles. The summed E-state index contributed by atoms with van der Waals surface area (Å²) in [6, 6.07) is 7.78. The minimum absolute atomic E-state index is 0.123. The molecule has 0 aliphatic rings. The third-order valence-electron chi connectivity index (χ3n) is 3.76. The number of halogens is 2. The first-order valence-electron chi connectivity index (χ1n) is 7.42.